The number of nitrogens with one attached hydrogen (secondary N) is 1. The normalized spacial score (nSPS) is 10.8. The maximum atomic E-state index is 11.9. The van der Waals surface area contributed by atoms with Gasteiger partial charge in [0, 0.05) is 23.3 Å². The molecule has 1 heterocycles. The predicted octanol–water partition coefficient (Wildman–Crippen LogP) is 4.27. The van der Waals surface area contributed by atoms with E-state index in [1.54, 1.807) is 18.2 Å². The van der Waals surface area contributed by atoms with Crippen LogP contribution in [0.25, 0.3) is 11.3 Å². The molecule has 7 nitrogen and oxygen atoms in total. The van der Waals surface area contributed by atoms with Crippen LogP contribution in [0.15, 0.2) is 70.2 Å². The fourth-order valence-corrected chi connectivity index (χ4v) is 2.41. The van der Waals surface area contributed by atoms with E-state index >= 15 is 0 Å². The number of rotatable bonds is 5. The predicted molar refractivity (Wildman–Crippen MR) is 97.3 cm³/mol. The summed E-state index contributed by atoms with van der Waals surface area (Å²) in [6.45, 7) is 0. The second kappa shape index (κ2) is 7.62. The van der Waals surface area contributed by atoms with Gasteiger partial charge in [-0.25, -0.2) is 5.43 Å². The molecular formula is C18H12ClN3O4. The number of carbonyl (C=O) groups is 1. The van der Waals surface area contributed by atoms with Crippen molar-refractivity contribution in [3.63, 3.8) is 0 Å². The molecule has 3 aromatic rings. The first kappa shape index (κ1) is 17.4. The molecule has 0 aliphatic rings. The Morgan fingerprint density at radius 2 is 1.85 bits per heavy atom. The van der Waals surface area contributed by atoms with Crippen LogP contribution in [0.2, 0.25) is 5.02 Å². The summed E-state index contributed by atoms with van der Waals surface area (Å²) in [6, 6.07) is 15.9. The van der Waals surface area contributed by atoms with Crippen molar-refractivity contribution in [2.75, 3.05) is 0 Å². The highest BCUT2D eigenvalue weighted by molar-refractivity contribution is 6.33. The van der Waals surface area contributed by atoms with Crippen molar-refractivity contribution in [1.29, 1.82) is 0 Å². The van der Waals surface area contributed by atoms with Gasteiger partial charge in [0.2, 0.25) is 0 Å². The molecule has 8 heteroatoms. The second-order valence-electron chi connectivity index (χ2n) is 5.18. The summed E-state index contributed by atoms with van der Waals surface area (Å²) >= 11 is 6.12. The van der Waals surface area contributed by atoms with E-state index in [1.165, 1.54) is 30.5 Å². The van der Waals surface area contributed by atoms with E-state index in [0.717, 1.165) is 5.56 Å². The van der Waals surface area contributed by atoms with Crippen molar-refractivity contribution < 1.29 is 14.1 Å². The number of hydrogen-bond donors (Lipinski definition) is 1. The molecule has 0 fully saturated rings. The molecule has 2 aromatic carbocycles. The Labute approximate surface area is 153 Å². The van der Waals surface area contributed by atoms with Crippen LogP contribution < -0.4 is 5.43 Å². The quantitative estimate of drug-likeness (QED) is 0.412. The number of nitrogens with zero attached hydrogens (tertiary/aromatic N) is 2. The number of hydrazone groups is 1. The van der Waals surface area contributed by atoms with Crippen LogP contribution in [0.3, 0.4) is 0 Å². The Balaban J connectivity index is 1.65. The molecular weight excluding hydrogens is 358 g/mol. The molecule has 26 heavy (non-hydrogen) atoms. The Hall–Kier alpha value is -3.45. The van der Waals surface area contributed by atoms with Crippen molar-refractivity contribution in [2.45, 2.75) is 0 Å². The molecule has 0 atom stereocenters. The van der Waals surface area contributed by atoms with E-state index in [-0.39, 0.29) is 11.3 Å². The molecule has 0 bridgehead atoms. The maximum absolute atomic E-state index is 11.9. The van der Waals surface area contributed by atoms with Gasteiger partial charge in [-0.3, -0.25) is 14.9 Å². The molecule has 0 saturated heterocycles. The van der Waals surface area contributed by atoms with Gasteiger partial charge in [-0.2, -0.15) is 5.10 Å². The molecule has 130 valence electrons. The number of amides is 1. The van der Waals surface area contributed by atoms with Crippen molar-refractivity contribution in [3.8, 4) is 11.3 Å². The van der Waals surface area contributed by atoms with E-state index in [0.29, 0.717) is 16.5 Å². The zero-order valence-corrected chi connectivity index (χ0v) is 14.0. The summed E-state index contributed by atoms with van der Waals surface area (Å²) in [4.78, 5) is 22.0. The third-order valence-corrected chi connectivity index (χ3v) is 3.79. The van der Waals surface area contributed by atoms with Crippen molar-refractivity contribution in [1.82, 2.24) is 5.43 Å². The first-order valence-electron chi connectivity index (χ1n) is 7.47. The first-order valence-corrected chi connectivity index (χ1v) is 7.85. The van der Waals surface area contributed by atoms with Crippen LogP contribution in [0.5, 0.6) is 0 Å². The Bertz CT molecular complexity index is 980. The molecule has 1 aromatic heterocycles. The van der Waals surface area contributed by atoms with Crippen molar-refractivity contribution >= 4 is 29.4 Å². The number of carbonyl (C=O) groups excluding carboxylic acids is 1. The van der Waals surface area contributed by atoms with Crippen LogP contribution in [0, 0.1) is 10.1 Å². The minimum atomic E-state index is -0.534. The monoisotopic (exact) mass is 369 g/mol. The Kier molecular flexibility index (Phi) is 5.09. The molecule has 0 radical (unpaired) electrons. The van der Waals surface area contributed by atoms with E-state index in [1.807, 2.05) is 18.2 Å². The summed E-state index contributed by atoms with van der Waals surface area (Å²) in [5.41, 5.74) is 3.25. The third kappa shape index (κ3) is 3.96. The SMILES string of the molecule is O=C(N/N=C/c1ccc(-c2ccccc2Cl)o1)c1ccc([N+](=O)[O-])cc1. The number of halogens is 1. The van der Waals surface area contributed by atoms with Gasteiger partial charge in [-0.15, -0.1) is 0 Å². The number of furan rings is 1. The van der Waals surface area contributed by atoms with E-state index in [9.17, 15) is 14.9 Å². The maximum Gasteiger partial charge on any atom is 0.271 e. The average Bonchev–Trinajstić information content (AvgIpc) is 3.10. The minimum Gasteiger partial charge on any atom is -0.455 e. The number of benzene rings is 2. The van der Waals surface area contributed by atoms with Gasteiger partial charge in [-0.05, 0) is 36.4 Å². The highest BCUT2D eigenvalue weighted by atomic mass is 35.5. The van der Waals surface area contributed by atoms with Gasteiger partial charge in [0.25, 0.3) is 11.6 Å². The average molecular weight is 370 g/mol. The summed E-state index contributed by atoms with van der Waals surface area (Å²) in [7, 11) is 0. The lowest BCUT2D eigenvalue weighted by Gasteiger charge is -1.99. The molecule has 3 rings (SSSR count). The van der Waals surface area contributed by atoms with Crippen LogP contribution in [-0.2, 0) is 0 Å². The molecule has 0 unspecified atom stereocenters. The van der Waals surface area contributed by atoms with E-state index < -0.39 is 10.8 Å². The summed E-state index contributed by atoms with van der Waals surface area (Å²) < 4.78 is 5.62. The van der Waals surface area contributed by atoms with E-state index in [4.69, 9.17) is 16.0 Å². The summed E-state index contributed by atoms with van der Waals surface area (Å²) in [5.74, 6) is 0.525. The molecule has 1 amide bonds. The first-order chi connectivity index (χ1) is 12.5. The lowest BCUT2D eigenvalue weighted by molar-refractivity contribution is -0.384. The Morgan fingerprint density at radius 1 is 1.12 bits per heavy atom. The third-order valence-electron chi connectivity index (χ3n) is 3.46. The van der Waals surface area contributed by atoms with Gasteiger partial charge < -0.3 is 4.42 Å². The largest absolute Gasteiger partial charge is 0.455 e. The fourth-order valence-electron chi connectivity index (χ4n) is 2.18. The molecule has 0 aliphatic heterocycles. The second-order valence-corrected chi connectivity index (χ2v) is 5.59. The fraction of sp³-hybridized carbons (Fsp3) is 0. The van der Waals surface area contributed by atoms with Gasteiger partial charge in [0.1, 0.15) is 11.5 Å². The van der Waals surface area contributed by atoms with Crippen molar-refractivity contribution in [3.05, 3.63) is 87.1 Å². The van der Waals surface area contributed by atoms with Crippen LogP contribution in [0.4, 0.5) is 5.69 Å². The molecule has 0 spiro atoms. The number of non-ortho nitro benzene ring substituents is 1. The minimum absolute atomic E-state index is 0.0901. The zero-order valence-electron chi connectivity index (χ0n) is 13.3. The number of nitro groups is 1. The van der Waals surface area contributed by atoms with Gasteiger partial charge in [0.15, 0.2) is 0 Å². The zero-order chi connectivity index (χ0) is 18.5. The number of hydrogen-bond acceptors (Lipinski definition) is 5. The standard InChI is InChI=1S/C18H12ClN3O4/c19-16-4-2-1-3-15(16)17-10-9-14(26-17)11-20-21-18(23)12-5-7-13(8-6-12)22(24)25/h1-11H,(H,21,23)/b20-11+. The van der Waals surface area contributed by atoms with Gasteiger partial charge in [-0.1, -0.05) is 23.7 Å². The highest BCUT2D eigenvalue weighted by Gasteiger charge is 2.09. The molecule has 1 N–H and O–H groups in total. The Morgan fingerprint density at radius 3 is 2.54 bits per heavy atom. The highest BCUT2D eigenvalue weighted by Crippen LogP contribution is 2.28. The molecule has 0 saturated carbocycles. The summed E-state index contributed by atoms with van der Waals surface area (Å²) in [5, 5.41) is 15.0. The van der Waals surface area contributed by atoms with Gasteiger partial charge in [0.05, 0.1) is 16.2 Å². The number of nitro benzene ring substituents is 1. The molecule has 0 aliphatic carbocycles. The lowest BCUT2D eigenvalue weighted by atomic mass is 10.2. The van der Waals surface area contributed by atoms with Crippen LogP contribution >= 0.6 is 11.6 Å². The topological polar surface area (TPSA) is 97.7 Å². The smallest absolute Gasteiger partial charge is 0.271 e. The van der Waals surface area contributed by atoms with Crippen LogP contribution in [-0.4, -0.2) is 17.0 Å². The van der Waals surface area contributed by atoms with Crippen LogP contribution in [0.1, 0.15) is 16.1 Å². The summed E-state index contributed by atoms with van der Waals surface area (Å²) in [6.07, 6.45) is 1.35. The van der Waals surface area contributed by atoms with Crippen molar-refractivity contribution in [2.24, 2.45) is 5.10 Å². The van der Waals surface area contributed by atoms with Gasteiger partial charge >= 0.3 is 0 Å². The van der Waals surface area contributed by atoms with E-state index in [2.05, 4.69) is 10.5 Å². The lowest BCUT2D eigenvalue weighted by Crippen LogP contribution is -2.17.